The summed E-state index contributed by atoms with van der Waals surface area (Å²) in [5.74, 6) is 0.987. The summed E-state index contributed by atoms with van der Waals surface area (Å²) in [6.45, 7) is 6.74. The van der Waals surface area contributed by atoms with Gasteiger partial charge in [0.1, 0.15) is 13.2 Å². The zero-order valence-corrected chi connectivity index (χ0v) is 15.9. The molecule has 0 aromatic heterocycles. The Morgan fingerprint density at radius 2 is 1.77 bits per heavy atom. The second-order valence-electron chi connectivity index (χ2n) is 6.71. The van der Waals surface area contributed by atoms with Crippen LogP contribution in [0.1, 0.15) is 13.8 Å². The van der Waals surface area contributed by atoms with Crippen molar-refractivity contribution in [2.45, 2.75) is 24.8 Å². The third-order valence-corrected chi connectivity index (χ3v) is 6.19. The van der Waals surface area contributed by atoms with Crippen molar-refractivity contribution in [3.05, 3.63) is 18.2 Å². The van der Waals surface area contributed by atoms with Crippen molar-refractivity contribution in [3.8, 4) is 11.5 Å². The molecule has 26 heavy (non-hydrogen) atoms. The Morgan fingerprint density at radius 1 is 1.12 bits per heavy atom. The van der Waals surface area contributed by atoms with E-state index in [2.05, 4.69) is 5.32 Å². The number of carbonyl (C=O) groups excluding carboxylic acids is 1. The molecule has 2 aliphatic rings. The first kappa shape index (κ1) is 18.9. The monoisotopic (exact) mass is 383 g/mol. The minimum atomic E-state index is -3.60. The van der Waals surface area contributed by atoms with Gasteiger partial charge in [0.05, 0.1) is 11.4 Å². The molecule has 1 N–H and O–H groups in total. The molecular formula is C17H25N3O5S. The minimum absolute atomic E-state index is 0.0388. The fourth-order valence-corrected chi connectivity index (χ4v) is 4.47. The fraction of sp³-hybridized carbons (Fsp3) is 0.588. The van der Waals surface area contributed by atoms with E-state index in [1.807, 2.05) is 18.7 Å². The van der Waals surface area contributed by atoms with E-state index in [1.54, 1.807) is 12.1 Å². The van der Waals surface area contributed by atoms with E-state index in [-0.39, 0.29) is 23.4 Å². The van der Waals surface area contributed by atoms with Gasteiger partial charge in [0.25, 0.3) is 0 Å². The number of fused-ring (bicyclic) bond motifs is 1. The van der Waals surface area contributed by atoms with E-state index in [0.29, 0.717) is 50.9 Å². The first-order valence-electron chi connectivity index (χ1n) is 8.78. The number of sulfonamides is 1. The number of ether oxygens (including phenoxy) is 2. The lowest BCUT2D eigenvalue weighted by molar-refractivity contribution is -0.123. The van der Waals surface area contributed by atoms with Crippen LogP contribution in [0, 0.1) is 0 Å². The van der Waals surface area contributed by atoms with E-state index in [1.165, 1.54) is 10.4 Å². The van der Waals surface area contributed by atoms with Crippen molar-refractivity contribution in [1.29, 1.82) is 0 Å². The first-order chi connectivity index (χ1) is 12.4. The van der Waals surface area contributed by atoms with Gasteiger partial charge < -0.3 is 14.8 Å². The topological polar surface area (TPSA) is 88.2 Å². The van der Waals surface area contributed by atoms with E-state index in [0.717, 1.165) is 0 Å². The van der Waals surface area contributed by atoms with Gasteiger partial charge in [-0.05, 0) is 26.0 Å². The van der Waals surface area contributed by atoms with Gasteiger partial charge >= 0.3 is 0 Å². The van der Waals surface area contributed by atoms with E-state index in [9.17, 15) is 13.2 Å². The van der Waals surface area contributed by atoms with Gasteiger partial charge in [-0.1, -0.05) is 0 Å². The quantitative estimate of drug-likeness (QED) is 0.786. The standard InChI is InChI=1S/C17H25N3O5S/c1-13(2)18-17(21)12-19-5-7-20(8-6-19)26(22,23)14-3-4-15-16(11-14)25-10-9-24-15/h3-4,11,13H,5-10,12H2,1-2H3,(H,18,21). The predicted molar refractivity (Wildman–Crippen MR) is 95.9 cm³/mol. The number of nitrogens with zero attached hydrogens (tertiary/aromatic N) is 2. The van der Waals surface area contributed by atoms with Gasteiger partial charge in [0, 0.05) is 38.3 Å². The van der Waals surface area contributed by atoms with Crippen LogP contribution in [0.2, 0.25) is 0 Å². The molecule has 0 saturated carbocycles. The number of amides is 1. The number of nitrogens with one attached hydrogen (secondary N) is 1. The molecular weight excluding hydrogens is 358 g/mol. The van der Waals surface area contributed by atoms with Crippen molar-refractivity contribution >= 4 is 15.9 Å². The average Bonchev–Trinajstić information content (AvgIpc) is 2.61. The lowest BCUT2D eigenvalue weighted by Crippen LogP contribution is -2.51. The molecule has 2 aliphatic heterocycles. The molecule has 1 saturated heterocycles. The molecule has 1 amide bonds. The van der Waals surface area contributed by atoms with E-state index < -0.39 is 10.0 Å². The third kappa shape index (κ3) is 4.28. The number of benzene rings is 1. The highest BCUT2D eigenvalue weighted by atomic mass is 32.2. The second kappa shape index (κ2) is 7.81. The summed E-state index contributed by atoms with van der Waals surface area (Å²) >= 11 is 0. The largest absolute Gasteiger partial charge is 0.486 e. The maximum absolute atomic E-state index is 12.9. The molecule has 9 heteroatoms. The fourth-order valence-electron chi connectivity index (χ4n) is 3.03. The lowest BCUT2D eigenvalue weighted by atomic mass is 10.3. The van der Waals surface area contributed by atoms with Crippen molar-refractivity contribution in [2.75, 3.05) is 45.9 Å². The van der Waals surface area contributed by atoms with Crippen LogP contribution in [0.5, 0.6) is 11.5 Å². The Labute approximate surface area is 154 Å². The van der Waals surface area contributed by atoms with Gasteiger partial charge in [-0.2, -0.15) is 4.31 Å². The highest BCUT2D eigenvalue weighted by Gasteiger charge is 2.30. The number of hydrogen-bond donors (Lipinski definition) is 1. The summed E-state index contributed by atoms with van der Waals surface area (Å²) in [5, 5.41) is 2.85. The highest BCUT2D eigenvalue weighted by Crippen LogP contribution is 2.33. The molecule has 8 nitrogen and oxygen atoms in total. The van der Waals surface area contributed by atoms with Gasteiger partial charge in [0.2, 0.25) is 15.9 Å². The number of hydrogen-bond acceptors (Lipinski definition) is 6. The molecule has 3 rings (SSSR count). The molecule has 0 spiro atoms. The van der Waals surface area contributed by atoms with E-state index >= 15 is 0 Å². The summed E-state index contributed by atoms with van der Waals surface area (Å²) in [7, 11) is -3.60. The zero-order valence-electron chi connectivity index (χ0n) is 15.1. The Morgan fingerprint density at radius 3 is 2.42 bits per heavy atom. The van der Waals surface area contributed by atoms with Crippen molar-refractivity contribution < 1.29 is 22.7 Å². The van der Waals surface area contributed by atoms with Crippen molar-refractivity contribution in [1.82, 2.24) is 14.5 Å². The van der Waals surface area contributed by atoms with Crippen LogP contribution in [0.25, 0.3) is 0 Å². The predicted octanol–water partition coefficient (Wildman–Crippen LogP) is 0.289. The van der Waals surface area contributed by atoms with Crippen LogP contribution in [0.4, 0.5) is 0 Å². The lowest BCUT2D eigenvalue weighted by Gasteiger charge is -2.33. The molecule has 144 valence electrons. The Hall–Kier alpha value is -1.84. The van der Waals surface area contributed by atoms with Crippen molar-refractivity contribution in [3.63, 3.8) is 0 Å². The number of piperazine rings is 1. The van der Waals surface area contributed by atoms with Crippen LogP contribution in [-0.2, 0) is 14.8 Å². The van der Waals surface area contributed by atoms with Crippen LogP contribution in [0.3, 0.4) is 0 Å². The molecule has 0 bridgehead atoms. The van der Waals surface area contributed by atoms with Gasteiger partial charge in [0.15, 0.2) is 11.5 Å². The molecule has 0 radical (unpaired) electrons. The maximum atomic E-state index is 12.9. The number of rotatable bonds is 5. The zero-order chi connectivity index (χ0) is 18.7. The highest BCUT2D eigenvalue weighted by molar-refractivity contribution is 7.89. The summed E-state index contributed by atoms with van der Waals surface area (Å²) < 4.78 is 38.1. The summed E-state index contributed by atoms with van der Waals surface area (Å²) in [5.41, 5.74) is 0. The van der Waals surface area contributed by atoms with Gasteiger partial charge in [-0.25, -0.2) is 8.42 Å². The summed E-state index contributed by atoms with van der Waals surface area (Å²) in [6.07, 6.45) is 0. The Kier molecular flexibility index (Phi) is 5.69. The van der Waals surface area contributed by atoms with Crippen LogP contribution < -0.4 is 14.8 Å². The molecule has 1 aromatic rings. The van der Waals surface area contributed by atoms with E-state index in [4.69, 9.17) is 9.47 Å². The van der Waals surface area contributed by atoms with Gasteiger partial charge in [-0.15, -0.1) is 0 Å². The van der Waals surface area contributed by atoms with Crippen LogP contribution in [-0.4, -0.2) is 75.5 Å². The molecule has 2 heterocycles. The Bertz CT molecular complexity index is 758. The summed E-state index contributed by atoms with van der Waals surface area (Å²) in [4.78, 5) is 14.0. The first-order valence-corrected chi connectivity index (χ1v) is 10.2. The molecule has 0 atom stereocenters. The second-order valence-corrected chi connectivity index (χ2v) is 8.65. The normalized spacial score (nSPS) is 18.7. The average molecular weight is 383 g/mol. The van der Waals surface area contributed by atoms with Crippen LogP contribution >= 0.6 is 0 Å². The number of carbonyl (C=O) groups is 1. The SMILES string of the molecule is CC(C)NC(=O)CN1CCN(S(=O)(=O)c2ccc3c(c2)OCCO3)CC1. The third-order valence-electron chi connectivity index (χ3n) is 4.30. The maximum Gasteiger partial charge on any atom is 0.243 e. The van der Waals surface area contributed by atoms with Crippen LogP contribution in [0.15, 0.2) is 23.1 Å². The van der Waals surface area contributed by atoms with Crippen molar-refractivity contribution in [2.24, 2.45) is 0 Å². The molecule has 0 unspecified atom stereocenters. The smallest absolute Gasteiger partial charge is 0.243 e. The Balaban J connectivity index is 1.62. The molecule has 1 fully saturated rings. The molecule has 0 aliphatic carbocycles. The van der Waals surface area contributed by atoms with Gasteiger partial charge in [-0.3, -0.25) is 9.69 Å². The summed E-state index contributed by atoms with van der Waals surface area (Å²) in [6, 6.07) is 4.80. The molecule has 1 aromatic carbocycles. The minimum Gasteiger partial charge on any atom is -0.486 e.